The summed E-state index contributed by atoms with van der Waals surface area (Å²) in [5.74, 6) is -1.73. The number of benzene rings is 2. The van der Waals surface area contributed by atoms with E-state index < -0.39 is 29.3 Å². The second-order valence-corrected chi connectivity index (χ2v) is 6.00. The van der Waals surface area contributed by atoms with Crippen LogP contribution in [0.1, 0.15) is 11.7 Å². The molecule has 0 aliphatic carbocycles. The first kappa shape index (κ1) is 16.3. The molecular weight excluding hydrogens is 336 g/mol. The van der Waals surface area contributed by atoms with Gasteiger partial charge in [0.05, 0.1) is 15.8 Å². The first-order valence-corrected chi connectivity index (χ1v) is 7.88. The number of rotatable bonds is 4. The van der Waals surface area contributed by atoms with Crippen molar-refractivity contribution in [3.63, 3.8) is 0 Å². The zero-order valence-corrected chi connectivity index (χ0v) is 13.1. The van der Waals surface area contributed by atoms with E-state index in [0.29, 0.717) is 5.13 Å². The van der Waals surface area contributed by atoms with Gasteiger partial charge in [-0.05, 0) is 24.3 Å². The Bertz CT molecular complexity index is 831. The molecule has 124 valence electrons. The highest BCUT2D eigenvalue weighted by atomic mass is 32.1. The van der Waals surface area contributed by atoms with E-state index in [2.05, 4.69) is 15.6 Å². The molecule has 3 N–H and O–H groups in total. The van der Waals surface area contributed by atoms with Gasteiger partial charge in [-0.15, -0.1) is 0 Å². The Hall–Kier alpha value is -2.58. The Balaban J connectivity index is 1.61. The minimum absolute atomic E-state index is 0.339. The highest BCUT2D eigenvalue weighted by Crippen LogP contribution is 2.25. The van der Waals surface area contributed by atoms with Crippen LogP contribution in [-0.2, 0) is 0 Å². The number of hydrogen-bond donors (Lipinski definition) is 3. The van der Waals surface area contributed by atoms with E-state index in [1.54, 1.807) is 0 Å². The monoisotopic (exact) mass is 349 g/mol. The maximum atomic E-state index is 13.6. The standard InChI is InChI=1S/C16H13F2N3O2S/c17-9-4-3-5-10(18)14(9)12(22)8-19-15(23)21-16-20-11-6-1-2-7-13(11)24-16/h1-7,12,22H,8H2,(H2,19,20,21,23). The topological polar surface area (TPSA) is 74.2 Å². The van der Waals surface area contributed by atoms with Crippen LogP contribution >= 0.6 is 11.3 Å². The molecule has 3 rings (SSSR count). The van der Waals surface area contributed by atoms with Crippen molar-refractivity contribution >= 4 is 32.7 Å². The van der Waals surface area contributed by atoms with E-state index in [0.717, 1.165) is 22.3 Å². The second-order valence-electron chi connectivity index (χ2n) is 4.97. The summed E-state index contributed by atoms with van der Waals surface area (Å²) in [6, 6.07) is 10.1. The number of urea groups is 1. The van der Waals surface area contributed by atoms with Gasteiger partial charge in [-0.3, -0.25) is 5.32 Å². The van der Waals surface area contributed by atoms with Gasteiger partial charge in [0.1, 0.15) is 17.7 Å². The normalized spacial score (nSPS) is 12.1. The molecule has 0 aliphatic heterocycles. The van der Waals surface area contributed by atoms with Crippen LogP contribution in [-0.4, -0.2) is 22.7 Å². The van der Waals surface area contributed by atoms with Crippen LogP contribution in [0.4, 0.5) is 18.7 Å². The summed E-state index contributed by atoms with van der Waals surface area (Å²) in [5.41, 5.74) is 0.282. The molecule has 8 heteroatoms. The number of anilines is 1. The van der Waals surface area contributed by atoms with Gasteiger partial charge in [-0.1, -0.05) is 29.5 Å². The molecule has 0 fully saturated rings. The molecule has 0 spiro atoms. The highest BCUT2D eigenvalue weighted by molar-refractivity contribution is 7.22. The lowest BCUT2D eigenvalue weighted by molar-refractivity contribution is 0.166. The Morgan fingerprint density at radius 2 is 1.88 bits per heavy atom. The van der Waals surface area contributed by atoms with Gasteiger partial charge in [0, 0.05) is 6.54 Å². The molecule has 0 bridgehead atoms. The molecule has 1 unspecified atom stereocenters. The third-order valence-electron chi connectivity index (χ3n) is 3.30. The van der Waals surface area contributed by atoms with Crippen molar-refractivity contribution in [3.8, 4) is 0 Å². The molecule has 0 radical (unpaired) electrons. The van der Waals surface area contributed by atoms with Crippen molar-refractivity contribution in [3.05, 3.63) is 59.7 Å². The summed E-state index contributed by atoms with van der Waals surface area (Å²) >= 11 is 1.30. The lowest BCUT2D eigenvalue weighted by Crippen LogP contribution is -2.32. The molecule has 0 aliphatic rings. The van der Waals surface area contributed by atoms with Gasteiger partial charge in [-0.25, -0.2) is 18.6 Å². The van der Waals surface area contributed by atoms with E-state index in [4.69, 9.17) is 0 Å². The van der Waals surface area contributed by atoms with E-state index in [-0.39, 0.29) is 6.54 Å². The number of halogens is 2. The van der Waals surface area contributed by atoms with Crippen LogP contribution in [0.2, 0.25) is 0 Å². The summed E-state index contributed by atoms with van der Waals surface area (Å²) in [7, 11) is 0. The quantitative estimate of drug-likeness (QED) is 0.676. The lowest BCUT2D eigenvalue weighted by atomic mass is 10.1. The molecular formula is C16H13F2N3O2S. The van der Waals surface area contributed by atoms with Crippen LogP contribution in [0, 0.1) is 11.6 Å². The Morgan fingerprint density at radius 3 is 2.58 bits per heavy atom. The number of carbonyl (C=O) groups is 1. The number of nitrogens with zero attached hydrogens (tertiary/aromatic N) is 1. The number of carbonyl (C=O) groups excluding carboxylic acids is 1. The third kappa shape index (κ3) is 3.50. The van der Waals surface area contributed by atoms with Crippen LogP contribution in [0.3, 0.4) is 0 Å². The number of aliphatic hydroxyl groups is 1. The van der Waals surface area contributed by atoms with Gasteiger partial charge in [0.2, 0.25) is 0 Å². The van der Waals surface area contributed by atoms with Crippen molar-refractivity contribution < 1.29 is 18.7 Å². The zero-order valence-electron chi connectivity index (χ0n) is 12.3. The average Bonchev–Trinajstić information content (AvgIpc) is 2.95. The molecule has 0 saturated carbocycles. The molecule has 0 saturated heterocycles. The summed E-state index contributed by atoms with van der Waals surface area (Å²) in [6.07, 6.45) is -1.49. The Morgan fingerprint density at radius 1 is 1.17 bits per heavy atom. The van der Waals surface area contributed by atoms with Gasteiger partial charge in [0.25, 0.3) is 0 Å². The van der Waals surface area contributed by atoms with E-state index in [1.807, 2.05) is 24.3 Å². The molecule has 5 nitrogen and oxygen atoms in total. The van der Waals surface area contributed by atoms with Gasteiger partial charge >= 0.3 is 6.03 Å². The minimum atomic E-state index is -1.49. The fraction of sp³-hybridized carbons (Fsp3) is 0.125. The second kappa shape index (κ2) is 6.90. The van der Waals surface area contributed by atoms with Crippen LogP contribution in [0.25, 0.3) is 10.2 Å². The molecule has 1 aromatic heterocycles. The van der Waals surface area contributed by atoms with E-state index in [1.165, 1.54) is 17.4 Å². The number of hydrogen-bond acceptors (Lipinski definition) is 4. The molecule has 24 heavy (non-hydrogen) atoms. The molecule has 2 aromatic carbocycles. The highest BCUT2D eigenvalue weighted by Gasteiger charge is 2.18. The fourth-order valence-corrected chi connectivity index (χ4v) is 3.05. The number of para-hydroxylation sites is 1. The number of amides is 2. The summed E-state index contributed by atoms with van der Waals surface area (Å²) in [4.78, 5) is 16.1. The van der Waals surface area contributed by atoms with Crippen molar-refractivity contribution in [2.45, 2.75) is 6.10 Å². The first-order valence-electron chi connectivity index (χ1n) is 7.07. The minimum Gasteiger partial charge on any atom is -0.386 e. The molecule has 2 amide bonds. The van der Waals surface area contributed by atoms with E-state index >= 15 is 0 Å². The zero-order chi connectivity index (χ0) is 17.1. The predicted octanol–water partition coefficient (Wildman–Crippen LogP) is 3.43. The predicted molar refractivity (Wildman–Crippen MR) is 88.0 cm³/mol. The number of aliphatic hydroxyl groups excluding tert-OH is 1. The first-order chi connectivity index (χ1) is 11.5. The largest absolute Gasteiger partial charge is 0.386 e. The van der Waals surface area contributed by atoms with Crippen LogP contribution < -0.4 is 10.6 Å². The average molecular weight is 349 g/mol. The van der Waals surface area contributed by atoms with Crippen LogP contribution in [0.15, 0.2) is 42.5 Å². The number of nitrogens with one attached hydrogen (secondary N) is 2. The molecule has 1 heterocycles. The number of aromatic nitrogens is 1. The number of thiazole rings is 1. The maximum absolute atomic E-state index is 13.6. The lowest BCUT2D eigenvalue weighted by Gasteiger charge is -2.13. The van der Waals surface area contributed by atoms with Gasteiger partial charge in [-0.2, -0.15) is 0 Å². The Kier molecular flexibility index (Phi) is 4.68. The summed E-state index contributed by atoms with van der Waals surface area (Å²) in [5, 5.41) is 15.2. The SMILES string of the molecule is O=C(NCC(O)c1c(F)cccc1F)Nc1nc2ccccc2s1. The summed E-state index contributed by atoms with van der Waals surface area (Å²) < 4.78 is 28.0. The fourth-order valence-electron chi connectivity index (χ4n) is 2.19. The van der Waals surface area contributed by atoms with Crippen molar-refractivity contribution in [2.24, 2.45) is 0 Å². The van der Waals surface area contributed by atoms with Crippen LogP contribution in [0.5, 0.6) is 0 Å². The smallest absolute Gasteiger partial charge is 0.321 e. The van der Waals surface area contributed by atoms with Crippen molar-refractivity contribution in [1.29, 1.82) is 0 Å². The van der Waals surface area contributed by atoms with Gasteiger partial charge in [0.15, 0.2) is 5.13 Å². The van der Waals surface area contributed by atoms with Crippen molar-refractivity contribution in [1.82, 2.24) is 10.3 Å². The summed E-state index contributed by atoms with van der Waals surface area (Å²) in [6.45, 7) is -0.339. The molecule has 1 atom stereocenters. The van der Waals surface area contributed by atoms with Crippen molar-refractivity contribution in [2.75, 3.05) is 11.9 Å². The van der Waals surface area contributed by atoms with E-state index in [9.17, 15) is 18.7 Å². The number of fused-ring (bicyclic) bond motifs is 1. The maximum Gasteiger partial charge on any atom is 0.321 e. The van der Waals surface area contributed by atoms with Gasteiger partial charge < -0.3 is 10.4 Å². The Labute approximate surface area is 140 Å². The third-order valence-corrected chi connectivity index (χ3v) is 4.26. The molecule has 3 aromatic rings.